The van der Waals surface area contributed by atoms with E-state index in [9.17, 15) is 13.6 Å². The lowest BCUT2D eigenvalue weighted by Gasteiger charge is -2.07. The second kappa shape index (κ2) is 5.44. The Morgan fingerprint density at radius 2 is 1.88 bits per heavy atom. The number of carbonyl (C=O) groups is 1. The van der Waals surface area contributed by atoms with Crippen LogP contribution in [0.25, 0.3) is 0 Å². The van der Waals surface area contributed by atoms with Crippen molar-refractivity contribution in [3.8, 4) is 0 Å². The van der Waals surface area contributed by atoms with Gasteiger partial charge in [0, 0.05) is 19.2 Å². The third-order valence-electron chi connectivity index (χ3n) is 2.09. The van der Waals surface area contributed by atoms with Crippen molar-refractivity contribution < 1.29 is 13.6 Å². The van der Waals surface area contributed by atoms with Crippen LogP contribution >= 0.6 is 0 Å². The molecule has 0 atom stereocenters. The lowest BCUT2D eigenvalue weighted by molar-refractivity contribution is 0.0953. The van der Waals surface area contributed by atoms with E-state index in [4.69, 9.17) is 0 Å². The molecule has 0 aliphatic rings. The summed E-state index contributed by atoms with van der Waals surface area (Å²) in [6.07, 6.45) is 0.769. The Morgan fingerprint density at radius 1 is 1.31 bits per heavy atom. The third-order valence-corrected chi connectivity index (χ3v) is 2.09. The van der Waals surface area contributed by atoms with Gasteiger partial charge in [0.2, 0.25) is 0 Å². The van der Waals surface area contributed by atoms with Crippen molar-refractivity contribution in [1.82, 2.24) is 5.32 Å². The fourth-order valence-corrected chi connectivity index (χ4v) is 1.28. The molecule has 0 bridgehead atoms. The molecule has 0 saturated carbocycles. The highest BCUT2D eigenvalue weighted by atomic mass is 19.1. The summed E-state index contributed by atoms with van der Waals surface area (Å²) < 4.78 is 26.6. The quantitative estimate of drug-likeness (QED) is 0.829. The van der Waals surface area contributed by atoms with Crippen molar-refractivity contribution in [3.63, 3.8) is 0 Å². The van der Waals surface area contributed by atoms with Gasteiger partial charge in [-0.3, -0.25) is 4.79 Å². The molecule has 0 unspecified atom stereocenters. The Bertz CT molecular complexity index is 371. The molecule has 0 heterocycles. The Hall–Kier alpha value is -1.65. The van der Waals surface area contributed by atoms with Gasteiger partial charge in [0.05, 0.1) is 0 Å². The highest BCUT2D eigenvalue weighted by Gasteiger charge is 2.13. The largest absolute Gasteiger partial charge is 0.383 e. The molecule has 0 aromatic heterocycles. The van der Waals surface area contributed by atoms with Crippen LogP contribution in [0.1, 0.15) is 23.7 Å². The molecular weight excluding hydrogens is 214 g/mol. The molecule has 0 aliphatic heterocycles. The van der Waals surface area contributed by atoms with Crippen LogP contribution in [0.3, 0.4) is 0 Å². The topological polar surface area (TPSA) is 41.1 Å². The second-order valence-electron chi connectivity index (χ2n) is 3.32. The third kappa shape index (κ3) is 2.68. The highest BCUT2D eigenvalue weighted by molar-refractivity contribution is 5.94. The summed E-state index contributed by atoms with van der Waals surface area (Å²) in [5.74, 6) is -2.02. The van der Waals surface area contributed by atoms with Gasteiger partial charge in [0.1, 0.15) is 17.3 Å². The first-order chi connectivity index (χ1) is 7.60. The molecule has 1 aromatic rings. The van der Waals surface area contributed by atoms with Gasteiger partial charge in [0.15, 0.2) is 0 Å². The van der Waals surface area contributed by atoms with Crippen LogP contribution in [0.4, 0.5) is 14.5 Å². The van der Waals surface area contributed by atoms with Gasteiger partial charge >= 0.3 is 0 Å². The van der Waals surface area contributed by atoms with Crippen LogP contribution in [0.5, 0.6) is 0 Å². The fourth-order valence-electron chi connectivity index (χ4n) is 1.28. The molecule has 2 N–H and O–H groups in total. The zero-order chi connectivity index (χ0) is 12.1. The molecule has 0 radical (unpaired) electrons. The smallest absolute Gasteiger partial charge is 0.251 e. The second-order valence-corrected chi connectivity index (χ2v) is 3.32. The van der Waals surface area contributed by atoms with Crippen LogP contribution in [0.15, 0.2) is 12.1 Å². The van der Waals surface area contributed by atoms with Crippen LogP contribution in [0, 0.1) is 11.6 Å². The minimum atomic E-state index is -0.774. The van der Waals surface area contributed by atoms with E-state index in [-0.39, 0.29) is 11.3 Å². The molecule has 88 valence electrons. The molecule has 0 fully saturated rings. The van der Waals surface area contributed by atoms with E-state index in [1.807, 2.05) is 6.92 Å². The van der Waals surface area contributed by atoms with Crippen molar-refractivity contribution in [3.05, 3.63) is 29.3 Å². The van der Waals surface area contributed by atoms with E-state index >= 15 is 0 Å². The Kier molecular flexibility index (Phi) is 4.22. The van der Waals surface area contributed by atoms with Gasteiger partial charge < -0.3 is 10.6 Å². The molecule has 0 aliphatic carbocycles. The number of hydrogen-bond donors (Lipinski definition) is 2. The zero-order valence-electron chi connectivity index (χ0n) is 9.23. The van der Waals surface area contributed by atoms with Gasteiger partial charge in [-0.25, -0.2) is 8.78 Å². The molecule has 5 heteroatoms. The first-order valence-electron chi connectivity index (χ1n) is 5.05. The lowest BCUT2D eigenvalue weighted by Crippen LogP contribution is -2.24. The fraction of sp³-hybridized carbons (Fsp3) is 0.364. The van der Waals surface area contributed by atoms with Crippen LogP contribution in [-0.2, 0) is 0 Å². The Balaban J connectivity index is 2.95. The summed E-state index contributed by atoms with van der Waals surface area (Å²) in [7, 11) is 1.42. The van der Waals surface area contributed by atoms with Crippen LogP contribution < -0.4 is 10.6 Å². The predicted octanol–water partition coefficient (Wildman–Crippen LogP) is 2.15. The van der Waals surface area contributed by atoms with Crippen molar-refractivity contribution >= 4 is 11.6 Å². The van der Waals surface area contributed by atoms with E-state index in [2.05, 4.69) is 10.6 Å². The number of nitrogens with one attached hydrogen (secondary N) is 2. The summed E-state index contributed by atoms with van der Waals surface area (Å²) >= 11 is 0. The highest BCUT2D eigenvalue weighted by Crippen LogP contribution is 2.19. The SMILES string of the molecule is CCCNC(=O)c1cc(F)c(NC)c(F)c1. The van der Waals surface area contributed by atoms with Gasteiger partial charge in [-0.05, 0) is 18.6 Å². The van der Waals surface area contributed by atoms with Gasteiger partial charge in [-0.1, -0.05) is 6.92 Å². The maximum atomic E-state index is 13.3. The molecule has 0 saturated heterocycles. The van der Waals surface area contributed by atoms with Gasteiger partial charge in [0.25, 0.3) is 5.91 Å². The van der Waals surface area contributed by atoms with Crippen LogP contribution in [-0.4, -0.2) is 19.5 Å². The molecule has 1 rings (SSSR count). The van der Waals surface area contributed by atoms with Crippen molar-refractivity contribution in [2.24, 2.45) is 0 Å². The van der Waals surface area contributed by atoms with E-state index in [0.29, 0.717) is 6.54 Å². The minimum absolute atomic E-state index is 0.0116. The Labute approximate surface area is 92.8 Å². The number of anilines is 1. The van der Waals surface area contributed by atoms with Crippen molar-refractivity contribution in [2.75, 3.05) is 18.9 Å². The summed E-state index contributed by atoms with van der Waals surface area (Å²) in [4.78, 5) is 11.4. The van der Waals surface area contributed by atoms with Gasteiger partial charge in [-0.2, -0.15) is 0 Å². The van der Waals surface area contributed by atoms with Gasteiger partial charge in [-0.15, -0.1) is 0 Å². The summed E-state index contributed by atoms with van der Waals surface area (Å²) in [6.45, 7) is 2.38. The summed E-state index contributed by atoms with van der Waals surface area (Å²) in [5.41, 5.74) is -0.241. The molecule has 1 amide bonds. The number of rotatable bonds is 4. The van der Waals surface area contributed by atoms with E-state index < -0.39 is 17.5 Å². The first kappa shape index (κ1) is 12.4. The van der Waals surface area contributed by atoms with E-state index in [1.54, 1.807) is 0 Å². The lowest BCUT2D eigenvalue weighted by atomic mass is 10.1. The molecular formula is C11H14F2N2O. The maximum absolute atomic E-state index is 13.3. The number of hydrogen-bond acceptors (Lipinski definition) is 2. The average molecular weight is 228 g/mol. The van der Waals surface area contributed by atoms with E-state index in [1.165, 1.54) is 7.05 Å². The van der Waals surface area contributed by atoms with E-state index in [0.717, 1.165) is 18.6 Å². The normalized spacial score (nSPS) is 10.0. The average Bonchev–Trinajstić information content (AvgIpc) is 2.25. The molecule has 16 heavy (non-hydrogen) atoms. The summed E-state index contributed by atoms with van der Waals surface area (Å²) in [5, 5.41) is 4.94. The number of benzene rings is 1. The van der Waals surface area contributed by atoms with Crippen molar-refractivity contribution in [2.45, 2.75) is 13.3 Å². The minimum Gasteiger partial charge on any atom is -0.383 e. The number of halogens is 2. The standard InChI is InChI=1S/C11H14F2N2O/c1-3-4-15-11(16)7-5-8(12)10(14-2)9(13)6-7/h5-6,14H,3-4H2,1-2H3,(H,15,16). The maximum Gasteiger partial charge on any atom is 0.251 e. The van der Waals surface area contributed by atoms with Crippen molar-refractivity contribution in [1.29, 1.82) is 0 Å². The molecule has 0 spiro atoms. The number of carbonyl (C=O) groups excluding carboxylic acids is 1. The molecule has 3 nitrogen and oxygen atoms in total. The molecule has 1 aromatic carbocycles. The predicted molar refractivity (Wildman–Crippen MR) is 58.5 cm³/mol. The van der Waals surface area contributed by atoms with Crippen LogP contribution in [0.2, 0.25) is 0 Å². The first-order valence-corrected chi connectivity index (χ1v) is 5.05. The monoisotopic (exact) mass is 228 g/mol. The summed E-state index contributed by atoms with van der Waals surface area (Å²) in [6, 6.07) is 2.03. The zero-order valence-corrected chi connectivity index (χ0v) is 9.23. The number of amides is 1. The Morgan fingerprint density at radius 3 is 2.31 bits per heavy atom.